The van der Waals surface area contributed by atoms with Crippen molar-refractivity contribution in [3.63, 3.8) is 0 Å². The molecule has 3 N–H and O–H groups in total. The molecule has 1 aliphatic heterocycles. The largest absolute Gasteiger partial charge is 0.356 e. The van der Waals surface area contributed by atoms with Crippen LogP contribution >= 0.6 is 0 Å². The van der Waals surface area contributed by atoms with Gasteiger partial charge in [-0.15, -0.1) is 0 Å². The molecule has 0 spiro atoms. The zero-order valence-electron chi connectivity index (χ0n) is 12.0. The summed E-state index contributed by atoms with van der Waals surface area (Å²) >= 11 is 0. The summed E-state index contributed by atoms with van der Waals surface area (Å²) in [6, 6.07) is 0. The number of hydrogen-bond donors (Lipinski definition) is 2. The third-order valence-corrected chi connectivity index (χ3v) is 4.01. The quantitative estimate of drug-likeness (QED) is 0.719. The first-order valence-corrected chi connectivity index (χ1v) is 7.34. The number of nitrogens with zero attached hydrogens (tertiary/aromatic N) is 1. The molecule has 18 heavy (non-hydrogen) atoms. The molecular formula is C14H29N3O. The van der Waals surface area contributed by atoms with Gasteiger partial charge in [0.2, 0.25) is 5.91 Å². The predicted molar refractivity (Wildman–Crippen MR) is 75.3 cm³/mol. The first-order valence-electron chi connectivity index (χ1n) is 7.34. The molecule has 1 aliphatic rings. The second-order valence-corrected chi connectivity index (χ2v) is 5.56. The number of piperidine rings is 1. The molecule has 0 bridgehead atoms. The molecule has 4 nitrogen and oxygen atoms in total. The average molecular weight is 255 g/mol. The molecule has 1 heterocycles. The summed E-state index contributed by atoms with van der Waals surface area (Å²) in [5, 5.41) is 3.07. The fraction of sp³-hybridized carbons (Fsp3) is 0.929. The van der Waals surface area contributed by atoms with Crippen LogP contribution in [0.5, 0.6) is 0 Å². The van der Waals surface area contributed by atoms with Crippen molar-refractivity contribution < 1.29 is 4.79 Å². The van der Waals surface area contributed by atoms with E-state index in [9.17, 15) is 4.79 Å². The molecule has 0 aliphatic carbocycles. The molecule has 1 amide bonds. The summed E-state index contributed by atoms with van der Waals surface area (Å²) < 4.78 is 0. The molecule has 0 radical (unpaired) electrons. The normalized spacial score (nSPS) is 19.7. The predicted octanol–water partition coefficient (Wildman–Crippen LogP) is 1.21. The van der Waals surface area contributed by atoms with Crippen LogP contribution in [-0.2, 0) is 4.79 Å². The summed E-state index contributed by atoms with van der Waals surface area (Å²) in [6.07, 6.45) is 3.95. The minimum atomic E-state index is 0.188. The lowest BCUT2D eigenvalue weighted by Gasteiger charge is -2.31. The van der Waals surface area contributed by atoms with Gasteiger partial charge in [-0.25, -0.2) is 0 Å². The van der Waals surface area contributed by atoms with Crippen molar-refractivity contribution in [3.05, 3.63) is 0 Å². The van der Waals surface area contributed by atoms with E-state index in [4.69, 9.17) is 5.73 Å². The molecule has 1 rings (SSSR count). The molecule has 4 heteroatoms. The van der Waals surface area contributed by atoms with E-state index in [0.717, 1.165) is 19.5 Å². The van der Waals surface area contributed by atoms with Crippen molar-refractivity contribution in [3.8, 4) is 0 Å². The Balaban J connectivity index is 2.08. The lowest BCUT2D eigenvalue weighted by molar-refractivity contribution is -0.121. The maximum absolute atomic E-state index is 11.7. The summed E-state index contributed by atoms with van der Waals surface area (Å²) in [5.41, 5.74) is 5.54. The Kier molecular flexibility index (Phi) is 7.28. The van der Waals surface area contributed by atoms with E-state index in [0.29, 0.717) is 24.8 Å². The Bertz CT molecular complexity index is 237. The third kappa shape index (κ3) is 5.83. The highest BCUT2D eigenvalue weighted by molar-refractivity contribution is 5.75. The Morgan fingerprint density at radius 1 is 1.44 bits per heavy atom. The van der Waals surface area contributed by atoms with Crippen molar-refractivity contribution in [1.82, 2.24) is 10.2 Å². The number of hydrogen-bond acceptors (Lipinski definition) is 3. The molecular weight excluding hydrogens is 226 g/mol. The Labute approximate surface area is 111 Å². The van der Waals surface area contributed by atoms with Crippen LogP contribution in [0.4, 0.5) is 0 Å². The van der Waals surface area contributed by atoms with Gasteiger partial charge in [-0.1, -0.05) is 13.8 Å². The first kappa shape index (κ1) is 15.4. The summed E-state index contributed by atoms with van der Waals surface area (Å²) in [5.74, 6) is 1.31. The molecule has 1 unspecified atom stereocenters. The van der Waals surface area contributed by atoms with E-state index in [1.54, 1.807) is 0 Å². The Morgan fingerprint density at radius 3 is 2.67 bits per heavy atom. The fourth-order valence-corrected chi connectivity index (χ4v) is 2.35. The van der Waals surface area contributed by atoms with Crippen LogP contribution in [0.2, 0.25) is 0 Å². The maximum atomic E-state index is 11.7. The second kappa shape index (κ2) is 8.48. The van der Waals surface area contributed by atoms with Gasteiger partial charge in [-0.2, -0.15) is 0 Å². The van der Waals surface area contributed by atoms with Crippen molar-refractivity contribution in [2.24, 2.45) is 17.6 Å². The lowest BCUT2D eigenvalue weighted by atomic mass is 9.96. The van der Waals surface area contributed by atoms with Crippen LogP contribution < -0.4 is 11.1 Å². The van der Waals surface area contributed by atoms with E-state index in [2.05, 4.69) is 24.1 Å². The number of likely N-dealkylation sites (tertiary alicyclic amines) is 1. The number of nitrogens with two attached hydrogens (primary N) is 1. The monoisotopic (exact) mass is 255 g/mol. The van der Waals surface area contributed by atoms with Gasteiger partial charge < -0.3 is 16.0 Å². The van der Waals surface area contributed by atoms with Crippen LogP contribution in [0.3, 0.4) is 0 Å². The van der Waals surface area contributed by atoms with Gasteiger partial charge in [-0.3, -0.25) is 4.79 Å². The van der Waals surface area contributed by atoms with Gasteiger partial charge in [0.1, 0.15) is 0 Å². The molecule has 0 aromatic rings. The van der Waals surface area contributed by atoms with Gasteiger partial charge >= 0.3 is 0 Å². The zero-order chi connectivity index (χ0) is 13.4. The number of nitrogens with one attached hydrogen (secondary N) is 1. The summed E-state index contributed by atoms with van der Waals surface area (Å²) in [4.78, 5) is 14.1. The molecule has 0 saturated carbocycles. The average Bonchev–Trinajstić information content (AvgIpc) is 2.42. The molecule has 106 valence electrons. The van der Waals surface area contributed by atoms with Crippen LogP contribution in [-0.4, -0.2) is 43.5 Å². The van der Waals surface area contributed by atoms with Crippen molar-refractivity contribution in [2.45, 2.75) is 39.5 Å². The zero-order valence-corrected chi connectivity index (χ0v) is 12.0. The topological polar surface area (TPSA) is 58.4 Å². The van der Waals surface area contributed by atoms with Crippen LogP contribution in [0, 0.1) is 11.8 Å². The third-order valence-electron chi connectivity index (χ3n) is 4.01. The standard InChI is InChI=1S/C14H29N3O/c1-3-17-8-6-13(7-9-17)11-16-14(18)5-4-12(2)10-15/h12-13H,3-11,15H2,1-2H3,(H,16,18). The van der Waals surface area contributed by atoms with Crippen molar-refractivity contribution in [1.29, 1.82) is 0 Å². The second-order valence-electron chi connectivity index (χ2n) is 5.56. The van der Waals surface area contributed by atoms with E-state index < -0.39 is 0 Å². The first-order chi connectivity index (χ1) is 8.65. The number of amides is 1. The van der Waals surface area contributed by atoms with Crippen LogP contribution in [0.15, 0.2) is 0 Å². The molecule has 1 fully saturated rings. The summed E-state index contributed by atoms with van der Waals surface area (Å²) in [7, 11) is 0. The molecule has 0 aromatic heterocycles. The SMILES string of the molecule is CCN1CCC(CNC(=O)CCC(C)CN)CC1. The maximum Gasteiger partial charge on any atom is 0.220 e. The Hall–Kier alpha value is -0.610. The molecule has 1 atom stereocenters. The van der Waals surface area contributed by atoms with Gasteiger partial charge in [0, 0.05) is 13.0 Å². The number of rotatable bonds is 7. The molecule has 1 saturated heterocycles. The van der Waals surface area contributed by atoms with Gasteiger partial charge in [0.05, 0.1) is 0 Å². The van der Waals surface area contributed by atoms with Crippen molar-refractivity contribution in [2.75, 3.05) is 32.7 Å². The Morgan fingerprint density at radius 2 is 2.11 bits per heavy atom. The highest BCUT2D eigenvalue weighted by Gasteiger charge is 2.18. The fourth-order valence-electron chi connectivity index (χ4n) is 2.35. The number of carbonyl (C=O) groups excluding carboxylic acids is 1. The lowest BCUT2D eigenvalue weighted by Crippen LogP contribution is -2.38. The van der Waals surface area contributed by atoms with E-state index in [-0.39, 0.29) is 5.91 Å². The van der Waals surface area contributed by atoms with E-state index >= 15 is 0 Å². The van der Waals surface area contributed by atoms with Crippen LogP contribution in [0.25, 0.3) is 0 Å². The van der Waals surface area contributed by atoms with Crippen molar-refractivity contribution >= 4 is 5.91 Å². The minimum absolute atomic E-state index is 0.188. The molecule has 0 aromatic carbocycles. The number of carbonyl (C=O) groups is 1. The minimum Gasteiger partial charge on any atom is -0.356 e. The van der Waals surface area contributed by atoms with Gasteiger partial charge in [0.15, 0.2) is 0 Å². The smallest absolute Gasteiger partial charge is 0.220 e. The van der Waals surface area contributed by atoms with Gasteiger partial charge in [-0.05, 0) is 57.3 Å². The summed E-state index contributed by atoms with van der Waals surface area (Å²) in [6.45, 7) is 9.34. The highest BCUT2D eigenvalue weighted by Crippen LogP contribution is 2.15. The highest BCUT2D eigenvalue weighted by atomic mass is 16.1. The van der Waals surface area contributed by atoms with E-state index in [1.807, 2.05) is 0 Å². The van der Waals surface area contributed by atoms with Gasteiger partial charge in [0.25, 0.3) is 0 Å². The van der Waals surface area contributed by atoms with E-state index in [1.165, 1.54) is 25.9 Å². The van der Waals surface area contributed by atoms with Crippen LogP contribution in [0.1, 0.15) is 39.5 Å².